The van der Waals surface area contributed by atoms with Crippen LogP contribution >= 0.6 is 0 Å². The highest BCUT2D eigenvalue weighted by Gasteiger charge is 2.23. The van der Waals surface area contributed by atoms with Gasteiger partial charge < -0.3 is 19.9 Å². The van der Waals surface area contributed by atoms with Crippen molar-refractivity contribution in [3.05, 3.63) is 23.8 Å². The lowest BCUT2D eigenvalue weighted by atomic mass is 10.1. The molecule has 0 bridgehead atoms. The van der Waals surface area contributed by atoms with E-state index < -0.39 is 6.10 Å². The van der Waals surface area contributed by atoms with Crippen LogP contribution in [0, 0.1) is 5.92 Å². The predicted molar refractivity (Wildman–Crippen MR) is 77.2 cm³/mol. The molecular formula is C16H23NO3. The van der Waals surface area contributed by atoms with Gasteiger partial charge in [0.15, 0.2) is 11.5 Å². The summed E-state index contributed by atoms with van der Waals surface area (Å²) in [5.41, 5.74) is 0.875. The van der Waals surface area contributed by atoms with Crippen molar-refractivity contribution in [1.29, 1.82) is 0 Å². The largest absolute Gasteiger partial charge is 0.486 e. The minimum atomic E-state index is -0.507. The zero-order chi connectivity index (χ0) is 13.9. The fraction of sp³-hybridized carbons (Fsp3) is 0.625. The third-order valence-electron chi connectivity index (χ3n) is 3.99. The van der Waals surface area contributed by atoms with E-state index in [0.717, 1.165) is 23.0 Å². The van der Waals surface area contributed by atoms with E-state index in [2.05, 4.69) is 12.2 Å². The van der Waals surface area contributed by atoms with Crippen LogP contribution in [0.5, 0.6) is 11.5 Å². The first-order valence-corrected chi connectivity index (χ1v) is 7.53. The van der Waals surface area contributed by atoms with Gasteiger partial charge in [0.25, 0.3) is 0 Å². The molecule has 1 saturated carbocycles. The summed E-state index contributed by atoms with van der Waals surface area (Å²) in [5.74, 6) is 2.41. The molecule has 1 aliphatic heterocycles. The second-order valence-corrected chi connectivity index (χ2v) is 5.91. The zero-order valence-electron chi connectivity index (χ0n) is 12.0. The third-order valence-corrected chi connectivity index (χ3v) is 3.99. The number of aliphatic hydroxyl groups is 1. The van der Waals surface area contributed by atoms with Crippen molar-refractivity contribution in [2.45, 2.75) is 38.3 Å². The van der Waals surface area contributed by atoms with Crippen molar-refractivity contribution in [1.82, 2.24) is 5.32 Å². The van der Waals surface area contributed by atoms with Crippen LogP contribution in [-0.2, 0) is 0 Å². The van der Waals surface area contributed by atoms with Gasteiger partial charge in [0, 0.05) is 12.6 Å². The first-order valence-electron chi connectivity index (χ1n) is 7.53. The molecular weight excluding hydrogens is 254 g/mol. The zero-order valence-corrected chi connectivity index (χ0v) is 12.0. The Labute approximate surface area is 120 Å². The van der Waals surface area contributed by atoms with E-state index in [0.29, 0.717) is 25.8 Å². The van der Waals surface area contributed by atoms with E-state index in [4.69, 9.17) is 9.47 Å². The monoisotopic (exact) mass is 277 g/mol. The van der Waals surface area contributed by atoms with Gasteiger partial charge in [-0.3, -0.25) is 0 Å². The van der Waals surface area contributed by atoms with Gasteiger partial charge in [-0.2, -0.15) is 0 Å². The number of benzene rings is 1. The fourth-order valence-corrected chi connectivity index (χ4v) is 2.63. The van der Waals surface area contributed by atoms with Crippen LogP contribution in [0.3, 0.4) is 0 Å². The number of hydrogen-bond donors (Lipinski definition) is 2. The minimum absolute atomic E-state index is 0.467. The fourth-order valence-electron chi connectivity index (χ4n) is 2.63. The average molecular weight is 277 g/mol. The summed E-state index contributed by atoms with van der Waals surface area (Å²) in [6.07, 6.45) is 3.45. The highest BCUT2D eigenvalue weighted by molar-refractivity contribution is 5.44. The normalized spacial score (nSPS) is 20.5. The van der Waals surface area contributed by atoms with Gasteiger partial charge in [-0.05, 0) is 37.0 Å². The van der Waals surface area contributed by atoms with Gasteiger partial charge >= 0.3 is 0 Å². The molecule has 1 aromatic carbocycles. The summed E-state index contributed by atoms with van der Waals surface area (Å²) in [5, 5.41) is 13.7. The SMILES string of the molecule is CC(CC1CC1)NCC(O)c1ccc2c(c1)OCCO2. The van der Waals surface area contributed by atoms with Crippen LogP contribution < -0.4 is 14.8 Å². The number of aliphatic hydroxyl groups excluding tert-OH is 1. The molecule has 0 saturated heterocycles. The van der Waals surface area contributed by atoms with Gasteiger partial charge in [0.2, 0.25) is 0 Å². The Kier molecular flexibility index (Phi) is 4.13. The Morgan fingerprint density at radius 3 is 2.75 bits per heavy atom. The number of ether oxygens (including phenoxy) is 2. The Bertz CT molecular complexity index is 459. The van der Waals surface area contributed by atoms with Gasteiger partial charge in [-0.1, -0.05) is 18.9 Å². The molecule has 1 aliphatic carbocycles. The van der Waals surface area contributed by atoms with Crippen molar-refractivity contribution in [2.24, 2.45) is 5.92 Å². The lowest BCUT2D eigenvalue weighted by Gasteiger charge is -2.21. The second-order valence-electron chi connectivity index (χ2n) is 5.91. The molecule has 4 nitrogen and oxygen atoms in total. The van der Waals surface area contributed by atoms with E-state index in [-0.39, 0.29) is 0 Å². The molecule has 1 heterocycles. The molecule has 1 aromatic rings. The summed E-state index contributed by atoms with van der Waals surface area (Å²) in [6.45, 7) is 3.93. The van der Waals surface area contributed by atoms with Crippen molar-refractivity contribution in [3.8, 4) is 11.5 Å². The van der Waals surface area contributed by atoms with Crippen LogP contribution in [0.4, 0.5) is 0 Å². The molecule has 1 fully saturated rings. The first-order chi connectivity index (χ1) is 9.72. The van der Waals surface area contributed by atoms with Gasteiger partial charge in [0.1, 0.15) is 13.2 Å². The molecule has 110 valence electrons. The predicted octanol–water partition coefficient (Wildman–Crippen LogP) is 2.27. The van der Waals surface area contributed by atoms with E-state index in [1.165, 1.54) is 19.3 Å². The summed E-state index contributed by atoms with van der Waals surface area (Å²) < 4.78 is 11.0. The topological polar surface area (TPSA) is 50.7 Å². The van der Waals surface area contributed by atoms with E-state index in [1.54, 1.807) is 0 Å². The lowest BCUT2D eigenvalue weighted by molar-refractivity contribution is 0.161. The van der Waals surface area contributed by atoms with Crippen molar-refractivity contribution in [2.75, 3.05) is 19.8 Å². The van der Waals surface area contributed by atoms with Crippen LogP contribution in [0.25, 0.3) is 0 Å². The van der Waals surface area contributed by atoms with Gasteiger partial charge in [-0.15, -0.1) is 0 Å². The maximum Gasteiger partial charge on any atom is 0.161 e. The number of hydrogen-bond acceptors (Lipinski definition) is 4. The first kappa shape index (κ1) is 13.7. The quantitative estimate of drug-likeness (QED) is 0.837. The number of rotatable bonds is 6. The molecule has 2 N–H and O–H groups in total. The number of nitrogens with one attached hydrogen (secondary N) is 1. The van der Waals surface area contributed by atoms with Gasteiger partial charge in [-0.25, -0.2) is 0 Å². The van der Waals surface area contributed by atoms with Crippen molar-refractivity contribution < 1.29 is 14.6 Å². The lowest BCUT2D eigenvalue weighted by Crippen LogP contribution is -2.30. The summed E-state index contributed by atoms with van der Waals surface area (Å²) in [4.78, 5) is 0. The van der Waals surface area contributed by atoms with Crippen molar-refractivity contribution >= 4 is 0 Å². The highest BCUT2D eigenvalue weighted by Crippen LogP contribution is 2.34. The Morgan fingerprint density at radius 1 is 1.25 bits per heavy atom. The summed E-state index contributed by atoms with van der Waals surface area (Å²) in [7, 11) is 0. The molecule has 4 heteroatoms. The maximum atomic E-state index is 10.3. The van der Waals surface area contributed by atoms with E-state index >= 15 is 0 Å². The Morgan fingerprint density at radius 2 is 2.00 bits per heavy atom. The Balaban J connectivity index is 1.54. The van der Waals surface area contributed by atoms with Crippen LogP contribution in [0.1, 0.15) is 37.9 Å². The summed E-state index contributed by atoms with van der Waals surface area (Å²) in [6, 6.07) is 6.13. The molecule has 0 radical (unpaired) electrons. The average Bonchev–Trinajstić information content (AvgIpc) is 3.28. The third kappa shape index (κ3) is 3.44. The molecule has 2 unspecified atom stereocenters. The van der Waals surface area contributed by atoms with E-state index in [9.17, 15) is 5.11 Å². The minimum Gasteiger partial charge on any atom is -0.486 e. The van der Waals surface area contributed by atoms with E-state index in [1.807, 2.05) is 18.2 Å². The molecule has 20 heavy (non-hydrogen) atoms. The van der Waals surface area contributed by atoms with Crippen LogP contribution in [0.15, 0.2) is 18.2 Å². The molecule has 2 atom stereocenters. The molecule has 2 aliphatic rings. The smallest absolute Gasteiger partial charge is 0.161 e. The molecule has 0 spiro atoms. The molecule has 0 amide bonds. The molecule has 0 aromatic heterocycles. The van der Waals surface area contributed by atoms with Crippen LogP contribution in [0.2, 0.25) is 0 Å². The van der Waals surface area contributed by atoms with Crippen molar-refractivity contribution in [3.63, 3.8) is 0 Å². The summed E-state index contributed by atoms with van der Waals surface area (Å²) >= 11 is 0. The standard InChI is InChI=1S/C16H23NO3/c1-11(8-12-2-3-12)17-10-14(18)13-4-5-15-16(9-13)20-7-6-19-15/h4-5,9,11-12,14,17-18H,2-3,6-8,10H2,1H3. The van der Waals surface area contributed by atoms with Crippen LogP contribution in [-0.4, -0.2) is 30.9 Å². The highest BCUT2D eigenvalue weighted by atomic mass is 16.6. The maximum absolute atomic E-state index is 10.3. The number of fused-ring (bicyclic) bond motifs is 1. The second kappa shape index (κ2) is 6.02. The molecule has 3 rings (SSSR count). The van der Waals surface area contributed by atoms with Gasteiger partial charge in [0.05, 0.1) is 6.10 Å². The Hall–Kier alpha value is -1.26.